The SMILES string of the molecule is O=C(O)C1CCCN(C2CCSCC2)C1. The third-order valence-electron chi connectivity index (χ3n) is 3.51. The normalized spacial score (nSPS) is 30.3. The topological polar surface area (TPSA) is 40.5 Å². The van der Waals surface area contributed by atoms with Crippen LogP contribution in [0.5, 0.6) is 0 Å². The Hall–Kier alpha value is -0.220. The van der Waals surface area contributed by atoms with Gasteiger partial charge in [0.1, 0.15) is 0 Å². The minimum absolute atomic E-state index is 0.117. The molecule has 2 aliphatic rings. The molecule has 0 aromatic carbocycles. The van der Waals surface area contributed by atoms with Crippen molar-refractivity contribution in [3.8, 4) is 0 Å². The van der Waals surface area contributed by atoms with Gasteiger partial charge in [0.25, 0.3) is 0 Å². The zero-order valence-corrected chi connectivity index (χ0v) is 9.84. The molecule has 2 aliphatic heterocycles. The number of likely N-dealkylation sites (tertiary alicyclic amines) is 1. The van der Waals surface area contributed by atoms with E-state index >= 15 is 0 Å². The predicted molar refractivity (Wildman–Crippen MR) is 62.3 cm³/mol. The molecule has 2 rings (SSSR count). The van der Waals surface area contributed by atoms with Gasteiger partial charge in [-0.1, -0.05) is 0 Å². The third kappa shape index (κ3) is 2.88. The molecule has 3 nitrogen and oxygen atoms in total. The van der Waals surface area contributed by atoms with E-state index in [2.05, 4.69) is 4.90 Å². The second kappa shape index (κ2) is 5.21. The number of carboxylic acid groups (broad SMARTS) is 1. The second-order valence-electron chi connectivity index (χ2n) is 4.52. The molecule has 2 saturated heterocycles. The van der Waals surface area contributed by atoms with E-state index in [1.165, 1.54) is 24.3 Å². The van der Waals surface area contributed by atoms with Crippen molar-refractivity contribution in [3.63, 3.8) is 0 Å². The third-order valence-corrected chi connectivity index (χ3v) is 4.56. The van der Waals surface area contributed by atoms with Crippen molar-refractivity contribution in [2.75, 3.05) is 24.6 Å². The number of hydrogen-bond acceptors (Lipinski definition) is 3. The van der Waals surface area contributed by atoms with Gasteiger partial charge in [0.05, 0.1) is 5.92 Å². The number of nitrogens with zero attached hydrogens (tertiary/aromatic N) is 1. The van der Waals surface area contributed by atoms with Crippen molar-refractivity contribution >= 4 is 17.7 Å². The lowest BCUT2D eigenvalue weighted by Crippen LogP contribution is -2.46. The van der Waals surface area contributed by atoms with E-state index < -0.39 is 5.97 Å². The van der Waals surface area contributed by atoms with Crippen LogP contribution in [0.4, 0.5) is 0 Å². The highest BCUT2D eigenvalue weighted by atomic mass is 32.2. The van der Waals surface area contributed by atoms with Crippen LogP contribution in [0.25, 0.3) is 0 Å². The Morgan fingerprint density at radius 3 is 2.67 bits per heavy atom. The molecule has 2 heterocycles. The molecule has 1 unspecified atom stereocenters. The number of carbonyl (C=O) groups is 1. The zero-order chi connectivity index (χ0) is 10.7. The van der Waals surface area contributed by atoms with Crippen molar-refractivity contribution in [2.24, 2.45) is 5.92 Å². The molecule has 0 radical (unpaired) electrons. The Balaban J connectivity index is 1.88. The Morgan fingerprint density at radius 2 is 2.00 bits per heavy atom. The first-order chi connectivity index (χ1) is 7.27. The van der Waals surface area contributed by atoms with Crippen LogP contribution in [0.1, 0.15) is 25.7 Å². The van der Waals surface area contributed by atoms with Gasteiger partial charge in [-0.05, 0) is 43.7 Å². The number of piperidine rings is 1. The Kier molecular flexibility index (Phi) is 3.92. The number of hydrogen-bond donors (Lipinski definition) is 1. The largest absolute Gasteiger partial charge is 0.481 e. The Labute approximate surface area is 95.2 Å². The number of thioether (sulfide) groups is 1. The quantitative estimate of drug-likeness (QED) is 0.782. The van der Waals surface area contributed by atoms with Gasteiger partial charge in [-0.2, -0.15) is 11.8 Å². The van der Waals surface area contributed by atoms with Crippen LogP contribution in [0, 0.1) is 5.92 Å². The summed E-state index contributed by atoms with van der Waals surface area (Å²) in [7, 11) is 0. The molecule has 1 N–H and O–H groups in total. The van der Waals surface area contributed by atoms with Crippen LogP contribution in [0.2, 0.25) is 0 Å². The molecule has 0 bridgehead atoms. The van der Waals surface area contributed by atoms with Gasteiger partial charge in [-0.15, -0.1) is 0 Å². The molecule has 0 saturated carbocycles. The van der Waals surface area contributed by atoms with E-state index in [1.807, 2.05) is 11.8 Å². The van der Waals surface area contributed by atoms with Crippen LogP contribution in [-0.4, -0.2) is 46.6 Å². The standard InChI is InChI=1S/C11H19NO2S/c13-11(14)9-2-1-5-12(8-9)10-3-6-15-7-4-10/h9-10H,1-8H2,(H,13,14). The monoisotopic (exact) mass is 229 g/mol. The second-order valence-corrected chi connectivity index (χ2v) is 5.74. The summed E-state index contributed by atoms with van der Waals surface area (Å²) in [6.45, 7) is 1.89. The van der Waals surface area contributed by atoms with Crippen LogP contribution in [0.15, 0.2) is 0 Å². The highest BCUT2D eigenvalue weighted by Gasteiger charge is 2.30. The molecule has 15 heavy (non-hydrogen) atoms. The van der Waals surface area contributed by atoms with Crippen LogP contribution in [-0.2, 0) is 4.79 Å². The summed E-state index contributed by atoms with van der Waals surface area (Å²) >= 11 is 2.03. The van der Waals surface area contributed by atoms with Crippen molar-refractivity contribution < 1.29 is 9.90 Å². The summed E-state index contributed by atoms with van der Waals surface area (Å²) in [6, 6.07) is 0.661. The summed E-state index contributed by atoms with van der Waals surface area (Å²) in [4.78, 5) is 13.4. The first-order valence-corrected chi connectivity index (χ1v) is 6.97. The lowest BCUT2D eigenvalue weighted by atomic mass is 9.95. The minimum atomic E-state index is -0.607. The van der Waals surface area contributed by atoms with Crippen molar-refractivity contribution in [3.05, 3.63) is 0 Å². The predicted octanol–water partition coefficient (Wildman–Crippen LogP) is 1.68. The van der Waals surface area contributed by atoms with E-state index in [1.54, 1.807) is 0 Å². The molecule has 0 aromatic heterocycles. The number of carboxylic acids is 1. The van der Waals surface area contributed by atoms with E-state index in [0.717, 1.165) is 25.9 Å². The van der Waals surface area contributed by atoms with E-state index in [0.29, 0.717) is 6.04 Å². The molecule has 0 aromatic rings. The molecule has 4 heteroatoms. The van der Waals surface area contributed by atoms with Crippen molar-refractivity contribution in [1.82, 2.24) is 4.90 Å². The summed E-state index contributed by atoms with van der Waals surface area (Å²) in [5.74, 6) is 1.77. The van der Waals surface area contributed by atoms with E-state index in [9.17, 15) is 4.79 Å². The van der Waals surface area contributed by atoms with Gasteiger partial charge in [0.15, 0.2) is 0 Å². The van der Waals surface area contributed by atoms with Crippen LogP contribution < -0.4 is 0 Å². The molecular formula is C11H19NO2S. The molecule has 1 atom stereocenters. The summed E-state index contributed by atoms with van der Waals surface area (Å²) in [6.07, 6.45) is 4.42. The zero-order valence-electron chi connectivity index (χ0n) is 9.02. The van der Waals surface area contributed by atoms with Gasteiger partial charge in [-0.3, -0.25) is 9.69 Å². The molecule has 2 fully saturated rings. The lowest BCUT2D eigenvalue weighted by Gasteiger charge is -2.38. The number of rotatable bonds is 2. The minimum Gasteiger partial charge on any atom is -0.481 e. The van der Waals surface area contributed by atoms with Crippen molar-refractivity contribution in [2.45, 2.75) is 31.7 Å². The highest BCUT2D eigenvalue weighted by Crippen LogP contribution is 2.26. The van der Waals surface area contributed by atoms with E-state index in [4.69, 9.17) is 5.11 Å². The molecule has 0 aliphatic carbocycles. The fourth-order valence-corrected chi connectivity index (χ4v) is 3.67. The summed E-state index contributed by atoms with van der Waals surface area (Å²) in [5.41, 5.74) is 0. The maximum absolute atomic E-state index is 11.0. The number of aliphatic carboxylic acids is 1. The van der Waals surface area contributed by atoms with Crippen LogP contribution >= 0.6 is 11.8 Å². The maximum atomic E-state index is 11.0. The fourth-order valence-electron chi connectivity index (χ4n) is 2.59. The van der Waals surface area contributed by atoms with Gasteiger partial charge < -0.3 is 5.11 Å². The van der Waals surface area contributed by atoms with Gasteiger partial charge in [0.2, 0.25) is 0 Å². The lowest BCUT2D eigenvalue weighted by molar-refractivity contribution is -0.144. The first-order valence-electron chi connectivity index (χ1n) is 5.82. The molecule has 0 amide bonds. The fraction of sp³-hybridized carbons (Fsp3) is 0.909. The van der Waals surface area contributed by atoms with Crippen LogP contribution in [0.3, 0.4) is 0 Å². The van der Waals surface area contributed by atoms with Crippen molar-refractivity contribution in [1.29, 1.82) is 0 Å². The van der Waals surface area contributed by atoms with Gasteiger partial charge >= 0.3 is 5.97 Å². The molecule has 0 spiro atoms. The summed E-state index contributed by atoms with van der Waals surface area (Å²) < 4.78 is 0. The van der Waals surface area contributed by atoms with Gasteiger partial charge in [0, 0.05) is 12.6 Å². The molecule has 86 valence electrons. The molecular weight excluding hydrogens is 210 g/mol. The maximum Gasteiger partial charge on any atom is 0.307 e. The highest BCUT2D eigenvalue weighted by molar-refractivity contribution is 7.99. The summed E-state index contributed by atoms with van der Waals surface area (Å²) in [5, 5.41) is 9.02. The Morgan fingerprint density at radius 1 is 1.27 bits per heavy atom. The van der Waals surface area contributed by atoms with E-state index in [-0.39, 0.29) is 5.92 Å². The van der Waals surface area contributed by atoms with Gasteiger partial charge in [-0.25, -0.2) is 0 Å². The average Bonchev–Trinajstić information content (AvgIpc) is 2.30. The smallest absolute Gasteiger partial charge is 0.307 e. The Bertz CT molecular complexity index is 229. The average molecular weight is 229 g/mol. The first kappa shape index (κ1) is 11.3.